The predicted octanol–water partition coefficient (Wildman–Crippen LogP) is 3.39. The summed E-state index contributed by atoms with van der Waals surface area (Å²) in [6.07, 6.45) is -0.725. The zero-order valence-electron chi connectivity index (χ0n) is 8.67. The van der Waals surface area contributed by atoms with E-state index in [2.05, 4.69) is 0 Å². The van der Waals surface area contributed by atoms with E-state index in [1.165, 1.54) is 12.1 Å². The van der Waals surface area contributed by atoms with Gasteiger partial charge in [-0.15, -0.1) is 0 Å². The third-order valence-corrected chi connectivity index (χ3v) is 2.02. The van der Waals surface area contributed by atoms with E-state index in [1.807, 2.05) is 6.92 Å². The number of unbranched alkanes of at least 4 members (excludes halogenated alkanes) is 1. The lowest BCUT2D eigenvalue weighted by atomic mass is 10.2. The summed E-state index contributed by atoms with van der Waals surface area (Å²) < 4.78 is 30.4. The van der Waals surface area contributed by atoms with E-state index < -0.39 is 6.43 Å². The summed E-state index contributed by atoms with van der Waals surface area (Å²) in [5, 5.41) is 0. The molecule has 0 aliphatic heterocycles. The number of benzene rings is 1. The van der Waals surface area contributed by atoms with Crippen LogP contribution in [-0.2, 0) is 0 Å². The highest BCUT2D eigenvalue weighted by Crippen LogP contribution is 2.30. The van der Waals surface area contributed by atoms with Crippen LogP contribution in [0, 0.1) is 0 Å². The number of alkyl halides is 2. The van der Waals surface area contributed by atoms with E-state index in [4.69, 9.17) is 10.5 Å². The average Bonchev–Trinajstić information content (AvgIpc) is 2.20. The SMILES string of the molecule is CCCCOc1ccc(N)cc1C(F)F. The molecule has 1 aromatic carbocycles. The topological polar surface area (TPSA) is 35.2 Å². The van der Waals surface area contributed by atoms with Crippen LogP contribution in [-0.4, -0.2) is 6.61 Å². The van der Waals surface area contributed by atoms with Crippen molar-refractivity contribution in [2.45, 2.75) is 26.2 Å². The van der Waals surface area contributed by atoms with Gasteiger partial charge in [-0.2, -0.15) is 0 Å². The maximum Gasteiger partial charge on any atom is 0.267 e. The Labute approximate surface area is 88.0 Å². The molecule has 2 nitrogen and oxygen atoms in total. The Bertz CT molecular complexity index is 315. The molecule has 0 spiro atoms. The van der Waals surface area contributed by atoms with Crippen molar-refractivity contribution in [1.29, 1.82) is 0 Å². The van der Waals surface area contributed by atoms with Gasteiger partial charge in [0.15, 0.2) is 0 Å². The van der Waals surface area contributed by atoms with Gasteiger partial charge in [0.2, 0.25) is 0 Å². The summed E-state index contributed by atoms with van der Waals surface area (Å²) in [6, 6.07) is 4.31. The average molecular weight is 215 g/mol. The first kappa shape index (κ1) is 11.8. The van der Waals surface area contributed by atoms with Crippen LogP contribution in [0.3, 0.4) is 0 Å². The Balaban J connectivity index is 2.77. The minimum atomic E-state index is -2.55. The van der Waals surface area contributed by atoms with E-state index >= 15 is 0 Å². The molecule has 0 radical (unpaired) electrons. The Morgan fingerprint density at radius 2 is 2.13 bits per heavy atom. The molecule has 0 saturated heterocycles. The normalized spacial score (nSPS) is 10.7. The number of rotatable bonds is 5. The van der Waals surface area contributed by atoms with E-state index in [1.54, 1.807) is 6.07 Å². The number of ether oxygens (including phenoxy) is 1. The molecule has 15 heavy (non-hydrogen) atoms. The highest BCUT2D eigenvalue weighted by atomic mass is 19.3. The van der Waals surface area contributed by atoms with Gasteiger partial charge in [0, 0.05) is 5.69 Å². The fraction of sp³-hybridized carbons (Fsp3) is 0.455. The molecule has 1 rings (SSSR count). The Morgan fingerprint density at radius 3 is 2.73 bits per heavy atom. The fourth-order valence-corrected chi connectivity index (χ4v) is 1.20. The van der Waals surface area contributed by atoms with Crippen molar-refractivity contribution in [3.8, 4) is 5.75 Å². The molecule has 0 aliphatic carbocycles. The lowest BCUT2D eigenvalue weighted by Crippen LogP contribution is -2.01. The highest BCUT2D eigenvalue weighted by Gasteiger charge is 2.14. The summed E-state index contributed by atoms with van der Waals surface area (Å²) in [6.45, 7) is 2.47. The zero-order valence-corrected chi connectivity index (χ0v) is 8.67. The standard InChI is InChI=1S/C11H15F2NO/c1-2-3-6-15-10-5-4-8(14)7-9(10)11(12)13/h4-5,7,11H,2-3,6,14H2,1H3. The van der Waals surface area contributed by atoms with Gasteiger partial charge < -0.3 is 10.5 Å². The second kappa shape index (κ2) is 5.53. The van der Waals surface area contributed by atoms with Crippen molar-refractivity contribution in [3.63, 3.8) is 0 Å². The number of hydrogen-bond acceptors (Lipinski definition) is 2. The summed E-state index contributed by atoms with van der Waals surface area (Å²) >= 11 is 0. The smallest absolute Gasteiger partial charge is 0.267 e. The molecule has 0 fully saturated rings. The van der Waals surface area contributed by atoms with Gasteiger partial charge in [0.1, 0.15) is 5.75 Å². The van der Waals surface area contributed by atoms with Gasteiger partial charge in [0.05, 0.1) is 12.2 Å². The maximum absolute atomic E-state index is 12.6. The van der Waals surface area contributed by atoms with Gasteiger partial charge >= 0.3 is 0 Å². The van der Waals surface area contributed by atoms with Crippen molar-refractivity contribution >= 4 is 5.69 Å². The number of nitrogen functional groups attached to an aromatic ring is 1. The first-order valence-electron chi connectivity index (χ1n) is 4.95. The van der Waals surface area contributed by atoms with Crippen LogP contribution in [0.15, 0.2) is 18.2 Å². The molecule has 0 heterocycles. The van der Waals surface area contributed by atoms with Crippen LogP contribution in [0.5, 0.6) is 5.75 Å². The van der Waals surface area contributed by atoms with Gasteiger partial charge in [0.25, 0.3) is 6.43 Å². The molecule has 0 aliphatic rings. The quantitative estimate of drug-likeness (QED) is 0.603. The maximum atomic E-state index is 12.6. The van der Waals surface area contributed by atoms with Crippen molar-refractivity contribution in [2.75, 3.05) is 12.3 Å². The Hall–Kier alpha value is -1.32. The zero-order chi connectivity index (χ0) is 11.3. The molecule has 0 bridgehead atoms. The number of hydrogen-bond donors (Lipinski definition) is 1. The summed E-state index contributed by atoms with van der Waals surface area (Å²) in [5.74, 6) is 0.229. The van der Waals surface area contributed by atoms with E-state index in [9.17, 15) is 8.78 Å². The molecule has 0 unspecified atom stereocenters. The van der Waals surface area contributed by atoms with Crippen LogP contribution >= 0.6 is 0 Å². The van der Waals surface area contributed by atoms with E-state index in [0.29, 0.717) is 12.3 Å². The molecule has 0 saturated carbocycles. The predicted molar refractivity (Wildman–Crippen MR) is 56.2 cm³/mol. The van der Waals surface area contributed by atoms with Gasteiger partial charge in [-0.1, -0.05) is 13.3 Å². The second-order valence-corrected chi connectivity index (χ2v) is 3.30. The molecule has 0 amide bonds. The molecule has 84 valence electrons. The Morgan fingerprint density at radius 1 is 1.40 bits per heavy atom. The minimum Gasteiger partial charge on any atom is -0.493 e. The largest absolute Gasteiger partial charge is 0.493 e. The minimum absolute atomic E-state index is 0.133. The lowest BCUT2D eigenvalue weighted by molar-refractivity contribution is 0.145. The van der Waals surface area contributed by atoms with Crippen molar-refractivity contribution < 1.29 is 13.5 Å². The monoisotopic (exact) mass is 215 g/mol. The van der Waals surface area contributed by atoms with Crippen molar-refractivity contribution in [2.24, 2.45) is 0 Å². The molecule has 4 heteroatoms. The first-order valence-corrected chi connectivity index (χ1v) is 4.95. The molecule has 2 N–H and O–H groups in total. The third kappa shape index (κ3) is 3.38. The van der Waals surface area contributed by atoms with Gasteiger partial charge in [-0.3, -0.25) is 0 Å². The number of nitrogens with two attached hydrogens (primary N) is 1. The van der Waals surface area contributed by atoms with Crippen LogP contribution < -0.4 is 10.5 Å². The summed E-state index contributed by atoms with van der Waals surface area (Å²) in [7, 11) is 0. The van der Waals surface area contributed by atoms with Crippen molar-refractivity contribution in [3.05, 3.63) is 23.8 Å². The Kier molecular flexibility index (Phi) is 4.34. The lowest BCUT2D eigenvalue weighted by Gasteiger charge is -2.11. The number of halogens is 2. The van der Waals surface area contributed by atoms with E-state index in [-0.39, 0.29) is 11.3 Å². The molecule has 0 atom stereocenters. The number of anilines is 1. The third-order valence-electron chi connectivity index (χ3n) is 2.02. The van der Waals surface area contributed by atoms with Crippen molar-refractivity contribution in [1.82, 2.24) is 0 Å². The van der Waals surface area contributed by atoms with Gasteiger partial charge in [-0.05, 0) is 24.6 Å². The second-order valence-electron chi connectivity index (χ2n) is 3.30. The summed E-state index contributed by atoms with van der Waals surface area (Å²) in [5.41, 5.74) is 5.62. The van der Waals surface area contributed by atoms with E-state index in [0.717, 1.165) is 12.8 Å². The molecular formula is C11H15F2NO. The molecule has 0 aromatic heterocycles. The van der Waals surface area contributed by atoms with Crippen LogP contribution in [0.1, 0.15) is 31.8 Å². The first-order chi connectivity index (χ1) is 7.15. The van der Waals surface area contributed by atoms with Crippen LogP contribution in [0.25, 0.3) is 0 Å². The highest BCUT2D eigenvalue weighted by molar-refractivity contribution is 5.48. The van der Waals surface area contributed by atoms with Crippen LogP contribution in [0.4, 0.5) is 14.5 Å². The molecule has 1 aromatic rings. The summed E-state index contributed by atoms with van der Waals surface area (Å²) in [4.78, 5) is 0. The molecular weight excluding hydrogens is 200 g/mol. The fourth-order valence-electron chi connectivity index (χ4n) is 1.20. The van der Waals surface area contributed by atoms with Crippen LogP contribution in [0.2, 0.25) is 0 Å². The van der Waals surface area contributed by atoms with Gasteiger partial charge in [-0.25, -0.2) is 8.78 Å².